The molecule has 0 saturated carbocycles. The van der Waals surface area contributed by atoms with Gasteiger partial charge in [0.1, 0.15) is 5.82 Å². The van der Waals surface area contributed by atoms with E-state index in [0.717, 1.165) is 3.57 Å². The third-order valence-electron chi connectivity index (χ3n) is 1.72. The molecule has 1 rings (SSSR count). The molecule has 1 unspecified atom stereocenters. The maximum Gasteiger partial charge on any atom is 0.129 e. The van der Waals surface area contributed by atoms with Gasteiger partial charge in [0, 0.05) is 22.2 Å². The molecule has 0 spiro atoms. The topological polar surface area (TPSA) is 40.5 Å². The molecule has 2 nitrogen and oxygen atoms in total. The largest absolute Gasteiger partial charge is 0.396 e. The van der Waals surface area contributed by atoms with Crippen molar-refractivity contribution in [3.8, 4) is 0 Å². The fraction of sp³-hybridized carbons (Fsp3) is 0.333. The summed E-state index contributed by atoms with van der Waals surface area (Å²) in [6, 6.07) is 4.53. The molecule has 1 aromatic rings. The second kappa shape index (κ2) is 4.88. The first-order valence-corrected chi connectivity index (χ1v) is 4.97. The van der Waals surface area contributed by atoms with Gasteiger partial charge < -0.3 is 10.2 Å². The fourth-order valence-electron chi connectivity index (χ4n) is 1.05. The normalized spacial score (nSPS) is 12.9. The smallest absolute Gasteiger partial charge is 0.129 e. The molecule has 0 saturated heterocycles. The molecule has 13 heavy (non-hydrogen) atoms. The number of hydrogen-bond donors (Lipinski definition) is 2. The van der Waals surface area contributed by atoms with Crippen LogP contribution in [0.4, 0.5) is 4.39 Å². The van der Waals surface area contributed by atoms with Crippen molar-refractivity contribution in [3.05, 3.63) is 33.1 Å². The highest BCUT2D eigenvalue weighted by molar-refractivity contribution is 14.1. The number of halogens is 2. The summed E-state index contributed by atoms with van der Waals surface area (Å²) in [6.45, 7) is -0.147. The minimum Gasteiger partial charge on any atom is -0.396 e. The lowest BCUT2D eigenvalue weighted by atomic mass is 10.1. The van der Waals surface area contributed by atoms with Crippen molar-refractivity contribution < 1.29 is 14.6 Å². The lowest BCUT2D eigenvalue weighted by Crippen LogP contribution is -2.03. The maximum absolute atomic E-state index is 13.1. The van der Waals surface area contributed by atoms with Gasteiger partial charge in [0.15, 0.2) is 0 Å². The molecule has 0 aliphatic carbocycles. The van der Waals surface area contributed by atoms with Crippen molar-refractivity contribution in [3.63, 3.8) is 0 Å². The Kier molecular flexibility index (Phi) is 4.08. The van der Waals surface area contributed by atoms with Crippen LogP contribution < -0.4 is 0 Å². The summed E-state index contributed by atoms with van der Waals surface area (Å²) in [5, 5.41) is 18.0. The third kappa shape index (κ3) is 2.89. The van der Waals surface area contributed by atoms with Crippen LogP contribution in [0.5, 0.6) is 0 Å². The summed E-state index contributed by atoms with van der Waals surface area (Å²) in [5.74, 6) is -0.429. The van der Waals surface area contributed by atoms with Crippen molar-refractivity contribution in [1.82, 2.24) is 0 Å². The predicted molar refractivity (Wildman–Crippen MR) is 55.8 cm³/mol. The van der Waals surface area contributed by atoms with E-state index < -0.39 is 11.9 Å². The van der Waals surface area contributed by atoms with Crippen LogP contribution >= 0.6 is 22.6 Å². The van der Waals surface area contributed by atoms with Gasteiger partial charge in [-0.25, -0.2) is 4.39 Å². The van der Waals surface area contributed by atoms with Crippen molar-refractivity contribution in [1.29, 1.82) is 0 Å². The first-order valence-electron chi connectivity index (χ1n) is 3.89. The molecule has 0 aliphatic heterocycles. The molecule has 0 amide bonds. The number of aliphatic hydroxyl groups excluding tert-OH is 2. The Morgan fingerprint density at radius 3 is 2.77 bits per heavy atom. The summed E-state index contributed by atoms with van der Waals surface area (Å²) >= 11 is 2.04. The predicted octanol–water partition coefficient (Wildman–Crippen LogP) is 1.85. The Morgan fingerprint density at radius 1 is 1.46 bits per heavy atom. The number of rotatable bonds is 3. The van der Waals surface area contributed by atoms with E-state index >= 15 is 0 Å². The van der Waals surface area contributed by atoms with Crippen LogP contribution in [0.2, 0.25) is 0 Å². The zero-order valence-corrected chi connectivity index (χ0v) is 9.03. The van der Waals surface area contributed by atoms with Crippen LogP contribution in [0.3, 0.4) is 0 Å². The molecule has 1 aromatic carbocycles. The van der Waals surface area contributed by atoms with E-state index in [0.29, 0.717) is 0 Å². The van der Waals surface area contributed by atoms with Crippen LogP contribution in [-0.2, 0) is 0 Å². The van der Waals surface area contributed by atoms with Gasteiger partial charge in [-0.05, 0) is 40.8 Å². The Morgan fingerprint density at radius 2 is 2.15 bits per heavy atom. The minimum atomic E-state index is -0.917. The Hall–Kier alpha value is -0.200. The molecule has 0 bridgehead atoms. The molecular weight excluding hydrogens is 286 g/mol. The second-order valence-corrected chi connectivity index (χ2v) is 3.94. The van der Waals surface area contributed by atoms with Gasteiger partial charge in [-0.3, -0.25) is 0 Å². The SMILES string of the molecule is OCCC(O)c1cc(I)ccc1F. The highest BCUT2D eigenvalue weighted by Crippen LogP contribution is 2.21. The van der Waals surface area contributed by atoms with E-state index in [2.05, 4.69) is 0 Å². The number of aliphatic hydroxyl groups is 2. The molecule has 72 valence electrons. The maximum atomic E-state index is 13.1. The second-order valence-electron chi connectivity index (χ2n) is 2.69. The van der Waals surface area contributed by atoms with Gasteiger partial charge in [0.25, 0.3) is 0 Å². The Bertz CT molecular complexity index is 291. The van der Waals surface area contributed by atoms with Crippen LogP contribution in [-0.4, -0.2) is 16.8 Å². The van der Waals surface area contributed by atoms with Gasteiger partial charge in [-0.15, -0.1) is 0 Å². The van der Waals surface area contributed by atoms with Gasteiger partial charge >= 0.3 is 0 Å². The summed E-state index contributed by atoms with van der Waals surface area (Å²) in [5.41, 5.74) is 0.251. The summed E-state index contributed by atoms with van der Waals surface area (Å²) in [4.78, 5) is 0. The van der Waals surface area contributed by atoms with Crippen LogP contribution in [0.15, 0.2) is 18.2 Å². The Balaban J connectivity index is 2.91. The average Bonchev–Trinajstić information content (AvgIpc) is 2.09. The van der Waals surface area contributed by atoms with Crippen LogP contribution in [0.1, 0.15) is 18.1 Å². The highest BCUT2D eigenvalue weighted by atomic mass is 127. The summed E-state index contributed by atoms with van der Waals surface area (Å²) < 4.78 is 14.0. The number of hydrogen-bond acceptors (Lipinski definition) is 2. The van der Waals surface area contributed by atoms with Crippen LogP contribution in [0.25, 0.3) is 0 Å². The molecule has 0 heterocycles. The van der Waals surface area contributed by atoms with Gasteiger partial charge in [0.2, 0.25) is 0 Å². The van der Waals surface area contributed by atoms with Crippen molar-refractivity contribution in [2.75, 3.05) is 6.61 Å². The highest BCUT2D eigenvalue weighted by Gasteiger charge is 2.12. The zero-order valence-electron chi connectivity index (χ0n) is 6.87. The fourth-order valence-corrected chi connectivity index (χ4v) is 1.56. The Labute approximate surface area is 89.5 Å². The van der Waals surface area contributed by atoms with E-state index in [9.17, 15) is 9.50 Å². The first-order chi connectivity index (χ1) is 6.15. The monoisotopic (exact) mass is 296 g/mol. The van der Waals surface area contributed by atoms with E-state index in [-0.39, 0.29) is 18.6 Å². The quantitative estimate of drug-likeness (QED) is 0.836. The minimum absolute atomic E-state index is 0.147. The lowest BCUT2D eigenvalue weighted by molar-refractivity contribution is 0.131. The van der Waals surface area contributed by atoms with E-state index in [1.165, 1.54) is 6.07 Å². The molecule has 0 radical (unpaired) electrons. The van der Waals surface area contributed by atoms with Gasteiger partial charge in [-0.1, -0.05) is 0 Å². The lowest BCUT2D eigenvalue weighted by Gasteiger charge is -2.10. The zero-order chi connectivity index (χ0) is 9.84. The van der Waals surface area contributed by atoms with Crippen molar-refractivity contribution >= 4 is 22.6 Å². The average molecular weight is 296 g/mol. The van der Waals surface area contributed by atoms with Gasteiger partial charge in [-0.2, -0.15) is 0 Å². The van der Waals surface area contributed by atoms with Crippen LogP contribution in [0, 0.1) is 9.39 Å². The number of benzene rings is 1. The van der Waals surface area contributed by atoms with E-state index in [1.807, 2.05) is 22.6 Å². The van der Waals surface area contributed by atoms with E-state index in [4.69, 9.17) is 5.11 Å². The van der Waals surface area contributed by atoms with E-state index in [1.54, 1.807) is 12.1 Å². The third-order valence-corrected chi connectivity index (χ3v) is 2.39. The molecular formula is C9H10FIO2. The molecule has 2 N–H and O–H groups in total. The summed E-state index contributed by atoms with van der Waals surface area (Å²) in [6.07, 6.45) is -0.753. The molecule has 4 heteroatoms. The van der Waals surface area contributed by atoms with Gasteiger partial charge in [0.05, 0.1) is 6.10 Å². The molecule has 0 aliphatic rings. The standard InChI is InChI=1S/C9H10FIO2/c10-8-2-1-6(11)5-7(8)9(13)3-4-12/h1-2,5,9,12-13H,3-4H2. The molecule has 0 aromatic heterocycles. The van der Waals surface area contributed by atoms with Crippen molar-refractivity contribution in [2.24, 2.45) is 0 Å². The molecule has 1 atom stereocenters. The first kappa shape index (κ1) is 10.9. The summed E-state index contributed by atoms with van der Waals surface area (Å²) in [7, 11) is 0. The van der Waals surface area contributed by atoms with Crippen molar-refractivity contribution in [2.45, 2.75) is 12.5 Å². The molecule has 0 fully saturated rings.